The summed E-state index contributed by atoms with van der Waals surface area (Å²) in [6.45, 7) is 4.41. The zero-order chi connectivity index (χ0) is 30.9. The number of nitrogens with one attached hydrogen (secondary N) is 1. The smallest absolute Gasteiger partial charge is 0.264 e. The first kappa shape index (κ1) is 29.5. The minimum absolute atomic E-state index is 0.0279. The molecule has 2 aromatic carbocycles. The predicted molar refractivity (Wildman–Crippen MR) is 153 cm³/mol. The average Bonchev–Trinajstić information content (AvgIpc) is 3.39. The van der Waals surface area contributed by atoms with Gasteiger partial charge in [0.2, 0.25) is 5.82 Å². The van der Waals surface area contributed by atoms with Crippen LogP contribution in [0.4, 0.5) is 19.0 Å². The van der Waals surface area contributed by atoms with Gasteiger partial charge in [-0.05, 0) is 64.1 Å². The number of ether oxygens (including phenoxy) is 1. The highest BCUT2D eigenvalue weighted by molar-refractivity contribution is 5.99. The highest BCUT2D eigenvalue weighted by atomic mass is 19.2. The predicted octanol–water partition coefficient (Wildman–Crippen LogP) is 4.90. The number of halogens is 3. The van der Waals surface area contributed by atoms with Crippen molar-refractivity contribution in [2.75, 3.05) is 25.9 Å². The van der Waals surface area contributed by atoms with Gasteiger partial charge in [-0.25, -0.2) is 23.4 Å². The van der Waals surface area contributed by atoms with Crippen LogP contribution in [0.25, 0.3) is 22.3 Å². The number of likely N-dealkylation sites (N-methyl/N-ethyl adjacent to an activating group) is 1. The number of carbonyl (C=O) groups excluding carboxylic acids is 1. The molecule has 1 aliphatic heterocycles. The van der Waals surface area contributed by atoms with Crippen molar-refractivity contribution >= 4 is 22.8 Å². The number of nitrogens with zero attached hydrogens (tertiary/aromatic N) is 6. The summed E-state index contributed by atoms with van der Waals surface area (Å²) in [6, 6.07) is 8.96. The van der Waals surface area contributed by atoms with Gasteiger partial charge in [-0.1, -0.05) is 6.07 Å². The minimum Gasteiger partial charge on any atom is -0.454 e. The molecule has 1 fully saturated rings. The number of fused-ring (bicyclic) bond motifs is 1. The summed E-state index contributed by atoms with van der Waals surface area (Å²) in [5, 5.41) is 17.8. The lowest BCUT2D eigenvalue weighted by molar-refractivity contribution is -0.128. The SMILES string of the molecule is CNC(C)(C)C=C(C#N)C(=O)N1CCCC(n2nc(-c3ccc(Oc4cccc(F)c4F)cc3F)c3c(N)ncnc32)C1. The fourth-order valence-corrected chi connectivity index (χ4v) is 4.96. The van der Waals surface area contributed by atoms with Gasteiger partial charge in [-0.15, -0.1) is 0 Å². The zero-order valence-electron chi connectivity index (χ0n) is 23.7. The number of hydrogen-bond acceptors (Lipinski definition) is 8. The number of rotatable bonds is 7. The molecule has 3 heterocycles. The molecule has 1 atom stereocenters. The van der Waals surface area contributed by atoms with Crippen LogP contribution in [0.5, 0.6) is 11.5 Å². The first-order chi connectivity index (χ1) is 20.5. The number of benzene rings is 2. The Morgan fingerprint density at radius 2 is 2.00 bits per heavy atom. The van der Waals surface area contributed by atoms with Crippen LogP contribution in [0.15, 0.2) is 54.4 Å². The Balaban J connectivity index is 1.48. The Kier molecular flexibility index (Phi) is 8.06. The van der Waals surface area contributed by atoms with Gasteiger partial charge in [0, 0.05) is 30.3 Å². The number of nitrogen functional groups attached to an aromatic ring is 1. The van der Waals surface area contributed by atoms with Gasteiger partial charge in [0.15, 0.2) is 17.2 Å². The molecule has 0 saturated carbocycles. The zero-order valence-corrected chi connectivity index (χ0v) is 23.7. The molecule has 0 spiro atoms. The highest BCUT2D eigenvalue weighted by Crippen LogP contribution is 2.37. The topological polar surface area (TPSA) is 135 Å². The average molecular weight is 591 g/mol. The van der Waals surface area contributed by atoms with E-state index in [2.05, 4.69) is 15.3 Å². The van der Waals surface area contributed by atoms with E-state index in [-0.39, 0.29) is 46.7 Å². The van der Waals surface area contributed by atoms with E-state index >= 15 is 4.39 Å². The summed E-state index contributed by atoms with van der Waals surface area (Å²) in [5.74, 6) is -3.78. The molecule has 3 N–H and O–H groups in total. The fourth-order valence-electron chi connectivity index (χ4n) is 4.96. The normalized spacial score (nSPS) is 15.9. The van der Waals surface area contributed by atoms with Crippen LogP contribution in [-0.4, -0.2) is 56.2 Å². The summed E-state index contributed by atoms with van der Waals surface area (Å²) in [4.78, 5) is 23.4. The summed E-state index contributed by atoms with van der Waals surface area (Å²) >= 11 is 0. The third-order valence-electron chi connectivity index (χ3n) is 7.39. The standard InChI is InChI=1S/C30H29F3N8O2/c1-30(2,36-3)13-17(14-34)29(42)40-11-5-6-18(15-40)41-28-24(27(35)37-16-38-28)26(39-41)20-10-9-19(12-22(20)32)43-23-8-4-7-21(31)25(23)33/h4,7-10,12-13,16,18,36H,5-6,11,15H2,1-3H3,(H2,35,37,38). The third kappa shape index (κ3) is 5.87. The van der Waals surface area contributed by atoms with E-state index in [0.29, 0.717) is 30.4 Å². The van der Waals surface area contributed by atoms with E-state index in [1.54, 1.807) is 22.7 Å². The molecule has 5 rings (SSSR count). The molecule has 0 radical (unpaired) electrons. The second kappa shape index (κ2) is 11.7. The lowest BCUT2D eigenvalue weighted by Crippen LogP contribution is -2.42. The fraction of sp³-hybridized carbons (Fsp3) is 0.300. The number of nitrogens with two attached hydrogens (primary N) is 1. The molecule has 0 bridgehead atoms. The first-order valence-corrected chi connectivity index (χ1v) is 13.5. The highest BCUT2D eigenvalue weighted by Gasteiger charge is 2.31. The third-order valence-corrected chi connectivity index (χ3v) is 7.39. The van der Waals surface area contributed by atoms with Crippen LogP contribution in [0.1, 0.15) is 32.7 Å². The van der Waals surface area contributed by atoms with E-state index in [1.165, 1.54) is 30.6 Å². The molecule has 1 unspecified atom stereocenters. The van der Waals surface area contributed by atoms with Crippen LogP contribution in [0.3, 0.4) is 0 Å². The van der Waals surface area contributed by atoms with Crippen LogP contribution >= 0.6 is 0 Å². The molecule has 222 valence electrons. The molecule has 0 aliphatic carbocycles. The summed E-state index contributed by atoms with van der Waals surface area (Å²) in [7, 11) is 1.74. The van der Waals surface area contributed by atoms with Gasteiger partial charge in [0.1, 0.15) is 41.0 Å². The molecule has 10 nitrogen and oxygen atoms in total. The molecule has 1 saturated heterocycles. The molecule has 43 heavy (non-hydrogen) atoms. The number of nitriles is 1. The van der Waals surface area contributed by atoms with Crippen LogP contribution in [-0.2, 0) is 4.79 Å². The van der Waals surface area contributed by atoms with E-state index in [9.17, 15) is 18.8 Å². The number of likely N-dealkylation sites (tertiary alicyclic amines) is 1. The Labute approximate surface area is 245 Å². The Morgan fingerprint density at radius 1 is 1.21 bits per heavy atom. The molecule has 1 amide bonds. The first-order valence-electron chi connectivity index (χ1n) is 13.5. The summed E-state index contributed by atoms with van der Waals surface area (Å²) in [6.07, 6.45) is 4.17. The quantitative estimate of drug-likeness (QED) is 0.229. The van der Waals surface area contributed by atoms with Crippen molar-refractivity contribution in [1.82, 2.24) is 30.0 Å². The second-order valence-electron chi connectivity index (χ2n) is 10.7. The molecule has 2 aromatic heterocycles. The lowest BCUT2D eigenvalue weighted by atomic mass is 10.00. The maximum Gasteiger partial charge on any atom is 0.264 e. The number of anilines is 1. The van der Waals surface area contributed by atoms with Crippen molar-refractivity contribution in [3.05, 3.63) is 71.8 Å². The molecular weight excluding hydrogens is 561 g/mol. The van der Waals surface area contributed by atoms with Crippen molar-refractivity contribution in [1.29, 1.82) is 5.26 Å². The number of aromatic nitrogens is 4. The van der Waals surface area contributed by atoms with E-state index < -0.39 is 28.9 Å². The van der Waals surface area contributed by atoms with Crippen molar-refractivity contribution in [2.45, 2.75) is 38.3 Å². The molecule has 4 aromatic rings. The summed E-state index contributed by atoms with van der Waals surface area (Å²) in [5.41, 5.74) is 6.27. The van der Waals surface area contributed by atoms with Crippen molar-refractivity contribution in [3.63, 3.8) is 0 Å². The molecule has 1 aliphatic rings. The van der Waals surface area contributed by atoms with Gasteiger partial charge in [-0.2, -0.15) is 14.8 Å². The number of hydrogen-bond donors (Lipinski definition) is 2. The monoisotopic (exact) mass is 590 g/mol. The largest absolute Gasteiger partial charge is 0.454 e. The maximum atomic E-state index is 15.5. The van der Waals surface area contributed by atoms with Gasteiger partial charge in [0.05, 0.1) is 11.4 Å². The Morgan fingerprint density at radius 3 is 2.72 bits per heavy atom. The molecule has 13 heteroatoms. The van der Waals surface area contributed by atoms with Crippen LogP contribution in [0.2, 0.25) is 0 Å². The van der Waals surface area contributed by atoms with Crippen molar-refractivity contribution < 1.29 is 22.7 Å². The second-order valence-corrected chi connectivity index (χ2v) is 10.7. The summed E-state index contributed by atoms with van der Waals surface area (Å²) < 4.78 is 50.2. The lowest BCUT2D eigenvalue weighted by Gasteiger charge is -2.33. The van der Waals surface area contributed by atoms with Crippen molar-refractivity contribution in [3.8, 4) is 28.8 Å². The van der Waals surface area contributed by atoms with Gasteiger partial charge < -0.3 is 20.7 Å². The number of amides is 1. The Bertz CT molecular complexity index is 1780. The van der Waals surface area contributed by atoms with Crippen LogP contribution < -0.4 is 15.8 Å². The minimum atomic E-state index is -1.19. The molecular formula is C30H29F3N8O2. The maximum absolute atomic E-state index is 15.5. The van der Waals surface area contributed by atoms with Crippen molar-refractivity contribution in [2.24, 2.45) is 0 Å². The Hall–Kier alpha value is -4.96. The number of carbonyl (C=O) groups is 1. The van der Waals surface area contributed by atoms with Gasteiger partial charge in [0.25, 0.3) is 5.91 Å². The van der Waals surface area contributed by atoms with Crippen LogP contribution in [0, 0.1) is 28.8 Å². The van der Waals surface area contributed by atoms with E-state index in [0.717, 1.165) is 12.1 Å². The van der Waals surface area contributed by atoms with Gasteiger partial charge in [-0.3, -0.25) is 4.79 Å². The van der Waals surface area contributed by atoms with E-state index in [4.69, 9.17) is 15.6 Å². The van der Waals surface area contributed by atoms with Gasteiger partial charge >= 0.3 is 0 Å². The number of piperidine rings is 1. The van der Waals surface area contributed by atoms with E-state index in [1.807, 2.05) is 19.9 Å².